The lowest BCUT2D eigenvalue weighted by Gasteiger charge is -1.94. The average Bonchev–Trinajstić information content (AvgIpc) is 2.62. The standard InChI is InChI=1S/C7H5N3O2.C7H7N3.C4H8O2/c1-5-3-6(10(11)12)4-9-7(5)8-2;1-5-3-6(8)4-10-7(5)9-2;1-3-6-4(2)5/h3-4H,1H3;3-4H,8H2,1H3;3H2,1-2H3. The van der Waals surface area contributed by atoms with Crippen molar-refractivity contribution in [2.45, 2.75) is 27.7 Å². The second-order valence-electron chi connectivity index (χ2n) is 5.15. The fourth-order valence-corrected chi connectivity index (χ4v) is 1.68. The van der Waals surface area contributed by atoms with Crippen molar-refractivity contribution < 1.29 is 14.5 Å². The van der Waals surface area contributed by atoms with Gasteiger partial charge in [0.05, 0.1) is 17.2 Å². The number of nitro groups is 1. The first-order valence-electron chi connectivity index (χ1n) is 7.87. The molecule has 0 aliphatic rings. The predicted octanol–water partition coefficient (Wildman–Crippen LogP) is 3.94. The second kappa shape index (κ2) is 12.3. The molecule has 0 atom stereocenters. The molecule has 0 radical (unpaired) electrons. The smallest absolute Gasteiger partial charge is 0.309 e. The molecule has 0 aromatic carbocycles. The second-order valence-corrected chi connectivity index (χ2v) is 5.15. The fraction of sp³-hybridized carbons (Fsp3) is 0.278. The Kier molecular flexibility index (Phi) is 10.5. The number of anilines is 1. The van der Waals surface area contributed by atoms with Crippen LogP contribution in [-0.4, -0.2) is 27.5 Å². The van der Waals surface area contributed by atoms with Crippen LogP contribution in [0.1, 0.15) is 25.0 Å². The zero-order chi connectivity index (χ0) is 21.7. The predicted molar refractivity (Wildman–Crippen MR) is 104 cm³/mol. The maximum atomic E-state index is 10.2. The SMILES string of the molecule is CCOC(C)=O.[C-]#[N+]c1ncc(N)cc1C.[C-]#[N+]c1ncc([N+](=O)[O-])cc1C. The van der Waals surface area contributed by atoms with Crippen molar-refractivity contribution in [3.8, 4) is 0 Å². The summed E-state index contributed by atoms with van der Waals surface area (Å²) in [6.07, 6.45) is 2.57. The van der Waals surface area contributed by atoms with Gasteiger partial charge in [0, 0.05) is 13.0 Å². The molecule has 2 N–H and O–H groups in total. The first-order chi connectivity index (χ1) is 13.2. The monoisotopic (exact) mass is 384 g/mol. The van der Waals surface area contributed by atoms with Gasteiger partial charge in [0.2, 0.25) is 0 Å². The lowest BCUT2D eigenvalue weighted by molar-refractivity contribution is -0.385. The lowest BCUT2D eigenvalue weighted by atomic mass is 10.3. The highest BCUT2D eigenvalue weighted by Crippen LogP contribution is 2.19. The topological polar surface area (TPSA) is 130 Å². The highest BCUT2D eigenvalue weighted by Gasteiger charge is 2.10. The number of esters is 1. The Bertz CT molecular complexity index is 915. The average molecular weight is 384 g/mol. The third-order valence-electron chi connectivity index (χ3n) is 2.88. The maximum Gasteiger partial charge on any atom is 0.309 e. The molecule has 2 aromatic heterocycles. The molecule has 146 valence electrons. The van der Waals surface area contributed by atoms with Crippen LogP contribution in [-0.2, 0) is 9.53 Å². The van der Waals surface area contributed by atoms with Crippen LogP contribution >= 0.6 is 0 Å². The van der Waals surface area contributed by atoms with Gasteiger partial charge in [0.15, 0.2) is 6.20 Å². The van der Waals surface area contributed by atoms with E-state index in [2.05, 4.69) is 24.4 Å². The van der Waals surface area contributed by atoms with Gasteiger partial charge in [-0.25, -0.2) is 0 Å². The van der Waals surface area contributed by atoms with Crippen LogP contribution in [0.3, 0.4) is 0 Å². The zero-order valence-electron chi connectivity index (χ0n) is 16.0. The van der Waals surface area contributed by atoms with Gasteiger partial charge in [-0.3, -0.25) is 14.9 Å². The largest absolute Gasteiger partial charge is 0.466 e. The van der Waals surface area contributed by atoms with Gasteiger partial charge in [-0.05, 0) is 38.0 Å². The van der Waals surface area contributed by atoms with Gasteiger partial charge in [-0.1, -0.05) is 13.1 Å². The Morgan fingerprint density at radius 2 is 1.68 bits per heavy atom. The molecule has 0 aliphatic carbocycles. The molecule has 2 aromatic rings. The van der Waals surface area contributed by atoms with E-state index in [1.807, 2.05) is 6.92 Å². The van der Waals surface area contributed by atoms with Crippen LogP contribution in [0.4, 0.5) is 23.0 Å². The van der Waals surface area contributed by atoms with E-state index >= 15 is 0 Å². The van der Waals surface area contributed by atoms with Crippen LogP contribution in [0, 0.1) is 37.1 Å². The van der Waals surface area contributed by atoms with E-state index in [1.165, 1.54) is 19.2 Å². The fourth-order valence-electron chi connectivity index (χ4n) is 1.68. The molecule has 0 amide bonds. The minimum absolute atomic E-state index is 0.0834. The van der Waals surface area contributed by atoms with E-state index < -0.39 is 4.92 Å². The Balaban J connectivity index is 0.000000414. The van der Waals surface area contributed by atoms with E-state index in [-0.39, 0.29) is 17.5 Å². The maximum absolute atomic E-state index is 10.2. The molecule has 0 aliphatic heterocycles. The van der Waals surface area contributed by atoms with E-state index in [0.29, 0.717) is 23.7 Å². The summed E-state index contributed by atoms with van der Waals surface area (Å²) in [5.74, 6) is 0.423. The molecule has 28 heavy (non-hydrogen) atoms. The van der Waals surface area contributed by atoms with Crippen LogP contribution in [0.5, 0.6) is 0 Å². The molecule has 0 fully saturated rings. The molecule has 2 heterocycles. The van der Waals surface area contributed by atoms with Crippen molar-refractivity contribution in [2.24, 2.45) is 0 Å². The van der Waals surface area contributed by atoms with Crippen LogP contribution < -0.4 is 5.73 Å². The number of pyridine rings is 2. The number of hydrogen-bond acceptors (Lipinski definition) is 7. The number of nitrogens with zero attached hydrogens (tertiary/aromatic N) is 5. The summed E-state index contributed by atoms with van der Waals surface area (Å²) in [6.45, 7) is 20.4. The first-order valence-corrected chi connectivity index (χ1v) is 7.87. The minimum Gasteiger partial charge on any atom is -0.466 e. The summed E-state index contributed by atoms with van der Waals surface area (Å²) >= 11 is 0. The van der Waals surface area contributed by atoms with Crippen molar-refractivity contribution in [3.63, 3.8) is 0 Å². The quantitative estimate of drug-likeness (QED) is 0.359. The van der Waals surface area contributed by atoms with Gasteiger partial charge in [0.1, 0.15) is 6.20 Å². The highest BCUT2D eigenvalue weighted by atomic mass is 16.6. The highest BCUT2D eigenvalue weighted by molar-refractivity contribution is 5.65. The van der Waals surface area contributed by atoms with Crippen molar-refractivity contribution in [2.75, 3.05) is 12.3 Å². The molecule has 0 spiro atoms. The molecule has 0 bridgehead atoms. The summed E-state index contributed by atoms with van der Waals surface area (Å²) in [6, 6.07) is 3.07. The van der Waals surface area contributed by atoms with Crippen LogP contribution in [0.2, 0.25) is 0 Å². The number of hydrogen-bond donors (Lipinski definition) is 1. The summed E-state index contributed by atoms with van der Waals surface area (Å²) in [7, 11) is 0. The van der Waals surface area contributed by atoms with Crippen LogP contribution in [0.15, 0.2) is 24.5 Å². The molecular weight excluding hydrogens is 364 g/mol. The molecule has 0 unspecified atom stereocenters. The van der Waals surface area contributed by atoms with Crippen molar-refractivity contribution >= 4 is 29.0 Å². The van der Waals surface area contributed by atoms with Crippen LogP contribution in [0.25, 0.3) is 9.69 Å². The summed E-state index contributed by atoms with van der Waals surface area (Å²) in [5, 5.41) is 10.2. The molecule has 2 rings (SSSR count). The lowest BCUT2D eigenvalue weighted by Crippen LogP contribution is -1.95. The molecule has 0 saturated carbocycles. The summed E-state index contributed by atoms with van der Waals surface area (Å²) in [5.41, 5.74) is 7.29. The van der Waals surface area contributed by atoms with Gasteiger partial charge in [0.25, 0.3) is 11.6 Å². The van der Waals surface area contributed by atoms with Crippen molar-refractivity contribution in [1.29, 1.82) is 0 Å². The number of carbonyl (C=O) groups is 1. The summed E-state index contributed by atoms with van der Waals surface area (Å²) in [4.78, 5) is 33.2. The number of rotatable bonds is 2. The minimum atomic E-state index is -0.534. The number of aromatic nitrogens is 2. The molecular formula is C18H20N6O4. The van der Waals surface area contributed by atoms with Gasteiger partial charge < -0.3 is 20.2 Å². The Morgan fingerprint density at radius 1 is 1.18 bits per heavy atom. The third-order valence-corrected chi connectivity index (χ3v) is 2.88. The van der Waals surface area contributed by atoms with Gasteiger partial charge in [-0.15, -0.1) is 9.97 Å². The molecule has 0 saturated heterocycles. The molecule has 10 nitrogen and oxygen atoms in total. The molecule has 10 heteroatoms. The number of aryl methyl sites for hydroxylation is 2. The normalized spacial score (nSPS) is 8.64. The van der Waals surface area contributed by atoms with E-state index in [1.54, 1.807) is 19.9 Å². The number of nitrogens with two attached hydrogens (primary N) is 1. The zero-order valence-corrected chi connectivity index (χ0v) is 16.0. The first kappa shape index (κ1) is 23.9. The van der Waals surface area contributed by atoms with Crippen molar-refractivity contribution in [3.05, 3.63) is 68.6 Å². The van der Waals surface area contributed by atoms with E-state index in [4.69, 9.17) is 18.9 Å². The Morgan fingerprint density at radius 3 is 2.00 bits per heavy atom. The Hall–Kier alpha value is -4.05. The van der Waals surface area contributed by atoms with E-state index in [9.17, 15) is 14.9 Å². The third kappa shape index (κ3) is 8.87. The number of carbonyl (C=O) groups excluding carboxylic acids is 1. The van der Waals surface area contributed by atoms with Gasteiger partial charge >= 0.3 is 11.7 Å². The van der Waals surface area contributed by atoms with E-state index in [0.717, 1.165) is 11.8 Å². The Labute approximate surface area is 162 Å². The summed E-state index contributed by atoms with van der Waals surface area (Å²) < 4.78 is 4.40. The number of nitrogen functional groups attached to an aromatic ring is 1. The van der Waals surface area contributed by atoms with Gasteiger partial charge in [-0.2, -0.15) is 0 Å². The number of ether oxygens (including phenoxy) is 1. The van der Waals surface area contributed by atoms with Crippen molar-refractivity contribution in [1.82, 2.24) is 9.97 Å².